The normalized spacial score (nSPS) is 14.0. The van der Waals surface area contributed by atoms with Crippen LogP contribution in [0.5, 0.6) is 0 Å². The summed E-state index contributed by atoms with van der Waals surface area (Å²) >= 11 is 18.6. The minimum Gasteiger partial charge on any atom is -0.305 e. The quantitative estimate of drug-likeness (QED) is 0.333. The largest absolute Gasteiger partial charge is 0.305 e. The number of halogens is 3. The van der Waals surface area contributed by atoms with E-state index in [1.165, 1.54) is 0 Å². The maximum Gasteiger partial charge on any atom is 0.0991 e. The maximum absolute atomic E-state index is 9.95. The summed E-state index contributed by atoms with van der Waals surface area (Å²) < 4.78 is 0. The van der Waals surface area contributed by atoms with Crippen molar-refractivity contribution in [1.82, 2.24) is 5.32 Å². The Bertz CT molecular complexity index is 1220. The first kappa shape index (κ1) is 26.1. The molecule has 0 aromatic heterocycles. The first-order valence-electron chi connectivity index (χ1n) is 11.0. The number of hydrogen-bond donors (Lipinski definition) is 1. The van der Waals surface area contributed by atoms with Crippen molar-refractivity contribution in [3.8, 4) is 12.1 Å². The summed E-state index contributed by atoms with van der Waals surface area (Å²) in [5.74, 6) is 0.0363. The molecule has 174 valence electrons. The fourth-order valence-corrected chi connectivity index (χ4v) is 4.59. The highest BCUT2D eigenvalue weighted by Gasteiger charge is 2.34. The number of nitrogens with zero attached hydrogens (tertiary/aromatic N) is 2. The van der Waals surface area contributed by atoms with Crippen molar-refractivity contribution in [3.05, 3.63) is 104 Å². The second-order valence-electron chi connectivity index (χ2n) is 9.07. The van der Waals surface area contributed by atoms with Crippen molar-refractivity contribution < 1.29 is 0 Å². The molecule has 2 unspecified atom stereocenters. The summed E-state index contributed by atoms with van der Waals surface area (Å²) in [5.41, 5.74) is 2.98. The summed E-state index contributed by atoms with van der Waals surface area (Å²) in [6, 6.07) is 25.3. The van der Waals surface area contributed by atoms with Gasteiger partial charge in [0.2, 0.25) is 0 Å². The molecule has 1 N–H and O–H groups in total. The van der Waals surface area contributed by atoms with Gasteiger partial charge in [0.05, 0.1) is 39.2 Å². The highest BCUT2D eigenvalue weighted by molar-refractivity contribution is 6.42. The van der Waals surface area contributed by atoms with Gasteiger partial charge in [-0.05, 0) is 80.3 Å². The van der Waals surface area contributed by atoms with Gasteiger partial charge in [-0.3, -0.25) is 0 Å². The lowest BCUT2D eigenvalue weighted by Gasteiger charge is -2.36. The molecular weight excluding hydrogens is 485 g/mol. The van der Waals surface area contributed by atoms with Crippen molar-refractivity contribution in [2.75, 3.05) is 0 Å². The van der Waals surface area contributed by atoms with Crippen LogP contribution in [-0.2, 0) is 6.42 Å². The SMILES string of the molecule is CC(N[C@@H](c1ccc(Cl)c(Cl)c1)C(C)(C)C#N)C(Cc1ccc(Cl)cc1)c1cccc(C#N)c1. The Morgan fingerprint density at radius 2 is 1.59 bits per heavy atom. The standard InChI is InChI=1S/C28H26Cl3N3/c1-18(34-27(28(2,3)17-33)22-9-12-25(30)26(31)15-22)24(14-19-7-10-23(29)11-8-19)21-6-4-5-20(13-21)16-32/h4-13,15,18,24,27,34H,14H2,1-3H3/t18?,24?,27-/m0/s1. The van der Waals surface area contributed by atoms with Crippen LogP contribution in [0.2, 0.25) is 15.1 Å². The van der Waals surface area contributed by atoms with Crippen LogP contribution in [0, 0.1) is 28.1 Å². The zero-order valence-electron chi connectivity index (χ0n) is 19.3. The summed E-state index contributed by atoms with van der Waals surface area (Å²) in [6.07, 6.45) is 0.737. The number of benzene rings is 3. The molecule has 3 aromatic carbocycles. The summed E-state index contributed by atoms with van der Waals surface area (Å²) in [6.45, 7) is 5.92. The van der Waals surface area contributed by atoms with Crippen LogP contribution in [0.3, 0.4) is 0 Å². The van der Waals surface area contributed by atoms with E-state index in [0.29, 0.717) is 20.6 Å². The number of nitriles is 2. The third-order valence-electron chi connectivity index (χ3n) is 6.13. The smallest absolute Gasteiger partial charge is 0.0991 e. The molecule has 0 fully saturated rings. The van der Waals surface area contributed by atoms with E-state index >= 15 is 0 Å². The van der Waals surface area contributed by atoms with Gasteiger partial charge in [0, 0.05) is 17.0 Å². The molecule has 0 aliphatic heterocycles. The van der Waals surface area contributed by atoms with E-state index in [2.05, 4.69) is 24.4 Å². The minimum absolute atomic E-state index is 0.0363. The van der Waals surface area contributed by atoms with Crippen LogP contribution in [0.1, 0.15) is 55.0 Å². The number of rotatable bonds is 8. The van der Waals surface area contributed by atoms with Crippen LogP contribution in [-0.4, -0.2) is 6.04 Å². The number of hydrogen-bond acceptors (Lipinski definition) is 3. The average molecular weight is 511 g/mol. The Hall–Kier alpha value is -2.53. The van der Waals surface area contributed by atoms with Gasteiger partial charge in [-0.15, -0.1) is 0 Å². The molecule has 0 aliphatic rings. The average Bonchev–Trinajstić information content (AvgIpc) is 2.83. The topological polar surface area (TPSA) is 59.6 Å². The number of nitrogens with one attached hydrogen (secondary N) is 1. The van der Waals surface area contributed by atoms with Crippen molar-refractivity contribution in [1.29, 1.82) is 10.5 Å². The summed E-state index contributed by atoms with van der Waals surface area (Å²) in [5, 5.41) is 24.7. The summed E-state index contributed by atoms with van der Waals surface area (Å²) in [4.78, 5) is 0. The van der Waals surface area contributed by atoms with Crippen molar-refractivity contribution in [2.24, 2.45) is 5.41 Å². The highest BCUT2D eigenvalue weighted by Crippen LogP contribution is 2.37. The van der Waals surface area contributed by atoms with Crippen LogP contribution in [0.15, 0.2) is 66.7 Å². The van der Waals surface area contributed by atoms with E-state index < -0.39 is 5.41 Å². The molecule has 0 saturated heterocycles. The molecule has 3 rings (SSSR count). The molecular formula is C28H26Cl3N3. The van der Waals surface area contributed by atoms with Crippen LogP contribution < -0.4 is 5.32 Å². The first-order chi connectivity index (χ1) is 16.1. The fourth-order valence-electron chi connectivity index (χ4n) is 4.15. The predicted octanol–water partition coefficient (Wildman–Crippen LogP) is 8.11. The van der Waals surface area contributed by atoms with Gasteiger partial charge < -0.3 is 5.32 Å². The van der Waals surface area contributed by atoms with Gasteiger partial charge >= 0.3 is 0 Å². The van der Waals surface area contributed by atoms with E-state index in [0.717, 1.165) is 23.1 Å². The molecule has 0 saturated carbocycles. The van der Waals surface area contributed by atoms with E-state index in [9.17, 15) is 10.5 Å². The Labute approximate surface area is 216 Å². The van der Waals surface area contributed by atoms with Crippen molar-refractivity contribution >= 4 is 34.8 Å². The predicted molar refractivity (Wildman–Crippen MR) is 140 cm³/mol. The zero-order chi connectivity index (χ0) is 24.9. The Balaban J connectivity index is 2.00. The maximum atomic E-state index is 9.95. The lowest BCUT2D eigenvalue weighted by Crippen LogP contribution is -2.42. The molecule has 3 atom stereocenters. The first-order valence-corrected chi connectivity index (χ1v) is 12.1. The molecule has 0 spiro atoms. The highest BCUT2D eigenvalue weighted by atomic mass is 35.5. The Morgan fingerprint density at radius 1 is 0.882 bits per heavy atom. The van der Waals surface area contributed by atoms with Gasteiger partial charge in [0.1, 0.15) is 0 Å². The van der Waals surface area contributed by atoms with Crippen LogP contribution in [0.25, 0.3) is 0 Å². The second kappa shape index (κ2) is 11.3. The fraction of sp³-hybridized carbons (Fsp3) is 0.286. The lowest BCUT2D eigenvalue weighted by molar-refractivity contribution is 0.281. The molecule has 3 nitrogen and oxygen atoms in total. The Kier molecular flexibility index (Phi) is 8.64. The monoisotopic (exact) mass is 509 g/mol. The van der Waals surface area contributed by atoms with E-state index in [-0.39, 0.29) is 18.0 Å². The molecule has 3 aromatic rings. The second-order valence-corrected chi connectivity index (χ2v) is 10.3. The van der Waals surface area contributed by atoms with Crippen molar-refractivity contribution in [3.63, 3.8) is 0 Å². The molecule has 0 radical (unpaired) electrons. The minimum atomic E-state index is -0.718. The van der Waals surface area contributed by atoms with Crippen molar-refractivity contribution in [2.45, 2.75) is 45.2 Å². The van der Waals surface area contributed by atoms with Gasteiger partial charge in [-0.1, -0.05) is 65.1 Å². The van der Waals surface area contributed by atoms with Crippen LogP contribution >= 0.6 is 34.8 Å². The summed E-state index contributed by atoms with van der Waals surface area (Å²) in [7, 11) is 0. The van der Waals surface area contributed by atoms with Gasteiger partial charge in [-0.2, -0.15) is 10.5 Å². The van der Waals surface area contributed by atoms with Gasteiger partial charge in [0.25, 0.3) is 0 Å². The molecule has 0 heterocycles. The molecule has 0 bridgehead atoms. The third kappa shape index (κ3) is 6.32. The lowest BCUT2D eigenvalue weighted by atomic mass is 9.79. The Morgan fingerprint density at radius 3 is 2.21 bits per heavy atom. The van der Waals surface area contributed by atoms with E-state index in [1.54, 1.807) is 12.1 Å². The molecule has 34 heavy (non-hydrogen) atoms. The molecule has 0 aliphatic carbocycles. The zero-order valence-corrected chi connectivity index (χ0v) is 21.6. The van der Waals surface area contributed by atoms with E-state index in [1.807, 2.05) is 68.4 Å². The van der Waals surface area contributed by atoms with Crippen LogP contribution in [0.4, 0.5) is 0 Å². The molecule has 6 heteroatoms. The van der Waals surface area contributed by atoms with Gasteiger partial charge in [-0.25, -0.2) is 0 Å². The van der Waals surface area contributed by atoms with Gasteiger partial charge in [0.15, 0.2) is 0 Å². The third-order valence-corrected chi connectivity index (χ3v) is 7.12. The molecule has 0 amide bonds. The van der Waals surface area contributed by atoms with E-state index in [4.69, 9.17) is 34.8 Å².